The van der Waals surface area contributed by atoms with E-state index in [0.29, 0.717) is 12.7 Å². The van der Waals surface area contributed by atoms with Crippen molar-refractivity contribution < 1.29 is 19.1 Å². The predicted octanol–water partition coefficient (Wildman–Crippen LogP) is 1.85. The van der Waals surface area contributed by atoms with Crippen LogP contribution in [0.2, 0.25) is 0 Å². The lowest BCUT2D eigenvalue weighted by Crippen LogP contribution is -2.48. The molecule has 0 N–H and O–H groups in total. The zero-order valence-electron chi connectivity index (χ0n) is 11.5. The van der Waals surface area contributed by atoms with E-state index in [0.717, 1.165) is 0 Å². The summed E-state index contributed by atoms with van der Waals surface area (Å²) in [5.74, 6) is 0. The van der Waals surface area contributed by atoms with Crippen molar-refractivity contribution in [2.75, 3.05) is 14.2 Å². The molecule has 0 saturated heterocycles. The van der Waals surface area contributed by atoms with E-state index in [4.69, 9.17) is 9.47 Å². The standard InChI is InChI=1S/C12H23NO4/c1-7-10(16-6)9(8-14)13(5)11(15)17-12(2,3)4/h8-10H,7H2,1-6H3. The lowest BCUT2D eigenvalue weighted by Gasteiger charge is -2.31. The highest BCUT2D eigenvalue weighted by Gasteiger charge is 2.30. The minimum Gasteiger partial charge on any atom is -0.444 e. The van der Waals surface area contributed by atoms with Crippen LogP contribution in [0, 0.1) is 0 Å². The van der Waals surface area contributed by atoms with Gasteiger partial charge in [-0.2, -0.15) is 0 Å². The molecule has 0 rings (SSSR count). The summed E-state index contributed by atoms with van der Waals surface area (Å²) >= 11 is 0. The van der Waals surface area contributed by atoms with Crippen molar-refractivity contribution in [1.82, 2.24) is 4.90 Å². The zero-order chi connectivity index (χ0) is 13.6. The zero-order valence-corrected chi connectivity index (χ0v) is 11.5. The molecule has 17 heavy (non-hydrogen) atoms. The molecule has 0 aromatic heterocycles. The molecule has 0 radical (unpaired) electrons. The van der Waals surface area contributed by atoms with Crippen molar-refractivity contribution >= 4 is 12.4 Å². The quantitative estimate of drug-likeness (QED) is 0.694. The highest BCUT2D eigenvalue weighted by atomic mass is 16.6. The van der Waals surface area contributed by atoms with Gasteiger partial charge in [0.1, 0.15) is 17.9 Å². The molecular formula is C12H23NO4. The second-order valence-electron chi connectivity index (χ2n) is 4.90. The fourth-order valence-corrected chi connectivity index (χ4v) is 1.43. The fraction of sp³-hybridized carbons (Fsp3) is 0.833. The third kappa shape index (κ3) is 5.17. The molecule has 100 valence electrons. The van der Waals surface area contributed by atoms with Crippen LogP contribution in [0.3, 0.4) is 0 Å². The van der Waals surface area contributed by atoms with E-state index < -0.39 is 17.7 Å². The maximum Gasteiger partial charge on any atom is 0.410 e. The average Bonchev–Trinajstić information content (AvgIpc) is 2.22. The van der Waals surface area contributed by atoms with Crippen LogP contribution in [0.5, 0.6) is 0 Å². The minimum absolute atomic E-state index is 0.315. The molecule has 0 fully saturated rings. The van der Waals surface area contributed by atoms with Crippen molar-refractivity contribution in [2.24, 2.45) is 0 Å². The second-order valence-corrected chi connectivity index (χ2v) is 4.90. The molecule has 2 atom stereocenters. The average molecular weight is 245 g/mol. The Morgan fingerprint density at radius 3 is 2.24 bits per heavy atom. The number of aldehydes is 1. The van der Waals surface area contributed by atoms with Crippen molar-refractivity contribution in [1.29, 1.82) is 0 Å². The molecule has 0 bridgehead atoms. The lowest BCUT2D eigenvalue weighted by molar-refractivity contribution is -0.116. The van der Waals surface area contributed by atoms with Gasteiger partial charge in [0.05, 0.1) is 6.10 Å². The summed E-state index contributed by atoms with van der Waals surface area (Å²) in [6.45, 7) is 7.24. The molecule has 0 heterocycles. The summed E-state index contributed by atoms with van der Waals surface area (Å²) < 4.78 is 10.4. The number of hydrogen-bond donors (Lipinski definition) is 0. The Hall–Kier alpha value is -1.10. The van der Waals surface area contributed by atoms with Crippen LogP contribution in [0.15, 0.2) is 0 Å². The highest BCUT2D eigenvalue weighted by Crippen LogP contribution is 2.13. The molecule has 5 heteroatoms. The topological polar surface area (TPSA) is 55.8 Å². The number of likely N-dealkylation sites (N-methyl/N-ethyl adjacent to an activating group) is 1. The Balaban J connectivity index is 4.69. The monoisotopic (exact) mass is 245 g/mol. The minimum atomic E-state index is -0.625. The first-order chi connectivity index (χ1) is 7.76. The van der Waals surface area contributed by atoms with E-state index in [1.165, 1.54) is 19.1 Å². The first kappa shape index (κ1) is 15.9. The lowest BCUT2D eigenvalue weighted by atomic mass is 10.1. The van der Waals surface area contributed by atoms with Gasteiger partial charge in [-0.1, -0.05) is 6.92 Å². The number of methoxy groups -OCH3 is 1. The van der Waals surface area contributed by atoms with Gasteiger partial charge < -0.3 is 14.3 Å². The normalized spacial score (nSPS) is 14.9. The van der Waals surface area contributed by atoms with Crippen LogP contribution in [0.1, 0.15) is 34.1 Å². The Morgan fingerprint density at radius 1 is 1.41 bits per heavy atom. The summed E-state index contributed by atoms with van der Waals surface area (Å²) in [7, 11) is 3.06. The molecule has 0 aliphatic rings. The van der Waals surface area contributed by atoms with Gasteiger partial charge in [0.2, 0.25) is 0 Å². The molecule has 0 aromatic rings. The van der Waals surface area contributed by atoms with E-state index in [1.807, 2.05) is 6.92 Å². The Bertz CT molecular complexity index is 256. The van der Waals surface area contributed by atoms with Crippen molar-refractivity contribution in [2.45, 2.75) is 51.9 Å². The molecule has 5 nitrogen and oxygen atoms in total. The van der Waals surface area contributed by atoms with Gasteiger partial charge in [-0.3, -0.25) is 4.90 Å². The number of nitrogens with zero attached hydrogens (tertiary/aromatic N) is 1. The van der Waals surface area contributed by atoms with E-state index >= 15 is 0 Å². The molecule has 1 amide bonds. The smallest absolute Gasteiger partial charge is 0.410 e. The number of carbonyl (C=O) groups excluding carboxylic acids is 2. The SMILES string of the molecule is CCC(OC)C(C=O)N(C)C(=O)OC(C)(C)C. The van der Waals surface area contributed by atoms with Crippen LogP contribution in [-0.4, -0.2) is 49.2 Å². The molecule has 0 saturated carbocycles. The third-order valence-corrected chi connectivity index (χ3v) is 2.35. The van der Waals surface area contributed by atoms with Crippen LogP contribution >= 0.6 is 0 Å². The predicted molar refractivity (Wildman–Crippen MR) is 64.9 cm³/mol. The largest absolute Gasteiger partial charge is 0.444 e. The molecule has 0 aliphatic carbocycles. The Kier molecular flexibility index (Phi) is 6.16. The van der Waals surface area contributed by atoms with Crippen LogP contribution in [-0.2, 0) is 14.3 Å². The van der Waals surface area contributed by atoms with Gasteiger partial charge in [-0.05, 0) is 27.2 Å². The molecule has 0 spiro atoms. The van der Waals surface area contributed by atoms with Gasteiger partial charge in [-0.15, -0.1) is 0 Å². The Labute approximate surface area is 103 Å². The number of carbonyl (C=O) groups is 2. The number of hydrogen-bond acceptors (Lipinski definition) is 4. The first-order valence-electron chi connectivity index (χ1n) is 5.70. The Morgan fingerprint density at radius 2 is 1.94 bits per heavy atom. The molecule has 0 aromatic carbocycles. The van der Waals surface area contributed by atoms with Gasteiger partial charge >= 0.3 is 6.09 Å². The molecule has 0 aliphatic heterocycles. The molecular weight excluding hydrogens is 222 g/mol. The van der Waals surface area contributed by atoms with E-state index in [-0.39, 0.29) is 6.10 Å². The van der Waals surface area contributed by atoms with Crippen LogP contribution in [0.25, 0.3) is 0 Å². The van der Waals surface area contributed by atoms with E-state index in [9.17, 15) is 9.59 Å². The van der Waals surface area contributed by atoms with E-state index in [2.05, 4.69) is 0 Å². The summed E-state index contributed by atoms with van der Waals surface area (Å²) in [6, 6.07) is -0.625. The summed E-state index contributed by atoms with van der Waals surface area (Å²) in [5, 5.41) is 0. The molecule has 2 unspecified atom stereocenters. The van der Waals surface area contributed by atoms with Crippen LogP contribution in [0.4, 0.5) is 4.79 Å². The highest BCUT2D eigenvalue weighted by molar-refractivity contribution is 5.73. The number of rotatable bonds is 5. The summed E-state index contributed by atoms with van der Waals surface area (Å²) in [5.41, 5.74) is -0.576. The number of ether oxygens (including phenoxy) is 2. The van der Waals surface area contributed by atoms with Crippen LogP contribution < -0.4 is 0 Å². The van der Waals surface area contributed by atoms with Crippen molar-refractivity contribution in [3.8, 4) is 0 Å². The van der Waals surface area contributed by atoms with E-state index in [1.54, 1.807) is 20.8 Å². The first-order valence-corrected chi connectivity index (χ1v) is 5.70. The fourth-order valence-electron chi connectivity index (χ4n) is 1.43. The van der Waals surface area contributed by atoms with Gasteiger partial charge in [0, 0.05) is 14.2 Å². The van der Waals surface area contributed by atoms with Gasteiger partial charge in [0.25, 0.3) is 0 Å². The van der Waals surface area contributed by atoms with Gasteiger partial charge in [-0.25, -0.2) is 4.79 Å². The second kappa shape index (κ2) is 6.59. The summed E-state index contributed by atoms with van der Waals surface area (Å²) in [4.78, 5) is 24.1. The van der Waals surface area contributed by atoms with Gasteiger partial charge in [0.15, 0.2) is 0 Å². The summed E-state index contributed by atoms with van der Waals surface area (Å²) in [6.07, 6.45) is 0.518. The van der Waals surface area contributed by atoms with Crippen molar-refractivity contribution in [3.05, 3.63) is 0 Å². The number of amides is 1. The maximum absolute atomic E-state index is 11.8. The maximum atomic E-state index is 11.8. The third-order valence-electron chi connectivity index (χ3n) is 2.35. The van der Waals surface area contributed by atoms with Crippen molar-refractivity contribution in [3.63, 3.8) is 0 Å².